The Morgan fingerprint density at radius 3 is 2.38 bits per heavy atom. The molecule has 24 heavy (non-hydrogen) atoms. The number of nitrogens with zero attached hydrogens (tertiary/aromatic N) is 1. The third kappa shape index (κ3) is 8.20. The summed E-state index contributed by atoms with van der Waals surface area (Å²) < 4.78 is 9.98. The van der Waals surface area contributed by atoms with Crippen molar-refractivity contribution in [1.29, 1.82) is 0 Å². The fraction of sp³-hybridized carbons (Fsp3) is 0.632. The summed E-state index contributed by atoms with van der Waals surface area (Å²) >= 11 is 0. The Hall–Kier alpha value is -1.75. The molecule has 0 aromatic heterocycles. The van der Waals surface area contributed by atoms with Crippen LogP contribution in [0.4, 0.5) is 4.79 Å². The molecule has 0 aliphatic heterocycles. The van der Waals surface area contributed by atoms with Gasteiger partial charge >= 0.3 is 6.09 Å². The topological polar surface area (TPSA) is 50.8 Å². The number of benzene rings is 1. The van der Waals surface area contributed by atoms with Crippen LogP contribution in [0.5, 0.6) is 5.75 Å². The number of nitrogens with one attached hydrogen (secondary N) is 1. The van der Waals surface area contributed by atoms with Crippen molar-refractivity contribution in [2.24, 2.45) is 0 Å². The second-order valence-electron chi connectivity index (χ2n) is 5.53. The molecule has 0 spiro atoms. The van der Waals surface area contributed by atoms with E-state index in [1.165, 1.54) is 19.1 Å². The maximum Gasteiger partial charge on any atom is 0.406 e. The summed E-state index contributed by atoms with van der Waals surface area (Å²) in [7, 11) is 3.07. The first kappa shape index (κ1) is 22.2. The molecule has 1 atom stereocenters. The van der Waals surface area contributed by atoms with Gasteiger partial charge in [-0.1, -0.05) is 45.4 Å². The van der Waals surface area contributed by atoms with E-state index >= 15 is 0 Å². The second-order valence-corrected chi connectivity index (χ2v) is 5.53. The molecule has 1 amide bonds. The number of ether oxygens (including phenoxy) is 2. The maximum absolute atomic E-state index is 11.0. The van der Waals surface area contributed by atoms with Crippen molar-refractivity contribution < 1.29 is 14.3 Å². The van der Waals surface area contributed by atoms with Crippen LogP contribution >= 0.6 is 0 Å². The van der Waals surface area contributed by atoms with Crippen LogP contribution in [0.1, 0.15) is 52.1 Å². The van der Waals surface area contributed by atoms with Gasteiger partial charge in [0.05, 0.1) is 14.2 Å². The number of carbonyl (C=O) groups is 1. The summed E-state index contributed by atoms with van der Waals surface area (Å²) in [6, 6.07) is 8.36. The molecular formula is C19H34N2O3. The van der Waals surface area contributed by atoms with Crippen molar-refractivity contribution in [3.8, 4) is 5.75 Å². The number of methoxy groups -OCH3 is 2. The van der Waals surface area contributed by atoms with Crippen LogP contribution in [0.2, 0.25) is 0 Å². The summed E-state index contributed by atoms with van der Waals surface area (Å²) in [5.41, 5.74) is 1.18. The van der Waals surface area contributed by atoms with E-state index in [9.17, 15) is 4.79 Å². The molecule has 0 radical (unpaired) electrons. The molecule has 1 N–H and O–H groups in total. The van der Waals surface area contributed by atoms with Crippen molar-refractivity contribution in [3.63, 3.8) is 0 Å². The Bertz CT molecular complexity index is 452. The average Bonchev–Trinajstić information content (AvgIpc) is 2.61. The zero-order valence-electron chi connectivity index (χ0n) is 16.1. The predicted molar refractivity (Wildman–Crippen MR) is 99.6 cm³/mol. The number of alkyl carbamates (subject to hydrolysis) is 1. The number of hydrogen-bond acceptors (Lipinski definition) is 4. The summed E-state index contributed by atoms with van der Waals surface area (Å²) in [6.07, 6.45) is 1.75. The Labute approximate surface area is 147 Å². The molecule has 0 unspecified atom stereocenters. The smallest absolute Gasteiger partial charge is 0.406 e. The van der Waals surface area contributed by atoms with Crippen LogP contribution in [-0.4, -0.2) is 44.8 Å². The monoisotopic (exact) mass is 338 g/mol. The molecule has 0 aliphatic rings. The number of para-hydroxylation sites is 1. The van der Waals surface area contributed by atoms with Gasteiger partial charge in [0.2, 0.25) is 0 Å². The van der Waals surface area contributed by atoms with E-state index < -0.39 is 0 Å². The zero-order valence-corrected chi connectivity index (χ0v) is 16.1. The van der Waals surface area contributed by atoms with E-state index in [-0.39, 0.29) is 12.1 Å². The Morgan fingerprint density at radius 1 is 1.21 bits per heavy atom. The normalized spacial score (nSPS) is 11.3. The highest BCUT2D eigenvalue weighted by molar-refractivity contribution is 5.66. The molecule has 0 saturated carbocycles. The van der Waals surface area contributed by atoms with Gasteiger partial charge in [0, 0.05) is 24.7 Å². The molecule has 0 fully saturated rings. The fourth-order valence-electron chi connectivity index (χ4n) is 2.38. The van der Waals surface area contributed by atoms with E-state index in [4.69, 9.17) is 4.74 Å². The first-order valence-electron chi connectivity index (χ1n) is 8.74. The number of hydrogen-bond donors (Lipinski definition) is 1. The molecule has 0 bridgehead atoms. The zero-order chi connectivity index (χ0) is 18.4. The molecule has 1 aromatic rings. The molecule has 138 valence electrons. The predicted octanol–water partition coefficient (Wildman–Crippen LogP) is 4.24. The van der Waals surface area contributed by atoms with Crippen molar-refractivity contribution in [2.75, 3.05) is 33.9 Å². The number of carbonyl (C=O) groups excluding carboxylic acids is 1. The molecule has 5 heteroatoms. The van der Waals surface area contributed by atoms with Crippen LogP contribution in [0, 0.1) is 0 Å². The van der Waals surface area contributed by atoms with E-state index in [1.54, 1.807) is 7.11 Å². The van der Waals surface area contributed by atoms with Crippen molar-refractivity contribution in [2.45, 2.75) is 46.6 Å². The van der Waals surface area contributed by atoms with Gasteiger partial charge in [0.25, 0.3) is 0 Å². The molecule has 0 heterocycles. The highest BCUT2D eigenvalue weighted by Crippen LogP contribution is 2.28. The van der Waals surface area contributed by atoms with Gasteiger partial charge < -0.3 is 14.8 Å². The first-order chi connectivity index (χ1) is 11.5. The largest absolute Gasteiger partial charge is 0.496 e. The van der Waals surface area contributed by atoms with Gasteiger partial charge in [0.15, 0.2) is 0 Å². The van der Waals surface area contributed by atoms with Crippen LogP contribution in [0.15, 0.2) is 24.3 Å². The third-order valence-corrected chi connectivity index (χ3v) is 3.62. The van der Waals surface area contributed by atoms with Gasteiger partial charge in [-0.25, -0.2) is 4.79 Å². The Morgan fingerprint density at radius 2 is 1.83 bits per heavy atom. The van der Waals surface area contributed by atoms with Gasteiger partial charge in [-0.05, 0) is 26.0 Å². The van der Waals surface area contributed by atoms with E-state index in [1.807, 2.05) is 18.2 Å². The maximum atomic E-state index is 11.0. The van der Waals surface area contributed by atoms with Crippen molar-refractivity contribution in [3.05, 3.63) is 29.8 Å². The average molecular weight is 338 g/mol. The summed E-state index contributed by atoms with van der Waals surface area (Å²) in [6.45, 7) is 11.0. The molecule has 1 aromatic carbocycles. The van der Waals surface area contributed by atoms with Gasteiger partial charge in [-0.3, -0.25) is 4.90 Å². The summed E-state index contributed by atoms with van der Waals surface area (Å²) in [5.74, 6) is 0.913. The molecule has 1 rings (SSSR count). The Balaban J connectivity index is 0.00000163. The lowest BCUT2D eigenvalue weighted by Crippen LogP contribution is -2.31. The van der Waals surface area contributed by atoms with Crippen LogP contribution in [0.25, 0.3) is 0 Å². The van der Waals surface area contributed by atoms with Gasteiger partial charge in [-0.15, -0.1) is 0 Å². The second kappa shape index (κ2) is 13.7. The molecular weight excluding hydrogens is 304 g/mol. The minimum Gasteiger partial charge on any atom is -0.496 e. The van der Waals surface area contributed by atoms with Crippen LogP contribution in [0.3, 0.4) is 0 Å². The molecule has 0 aliphatic carbocycles. The SMILES string of the molecule is CCC.CCN(CCCNC(=O)OC)[C@@H](C)c1ccccc1OC. The van der Waals surface area contributed by atoms with Crippen molar-refractivity contribution >= 4 is 6.09 Å². The number of rotatable bonds is 8. The third-order valence-electron chi connectivity index (χ3n) is 3.62. The molecule has 5 nitrogen and oxygen atoms in total. The van der Waals surface area contributed by atoms with E-state index in [2.05, 4.69) is 48.7 Å². The highest BCUT2D eigenvalue weighted by atomic mass is 16.5. The standard InChI is InChI=1S/C16H26N2O3.C3H8/c1-5-18(12-8-11-17-16(19)21-4)13(2)14-9-6-7-10-15(14)20-3;1-3-2/h6-7,9-10,13H,5,8,11-12H2,1-4H3,(H,17,19);3H2,1-2H3/t13-;/m0./s1. The fourth-order valence-corrected chi connectivity index (χ4v) is 2.38. The minimum absolute atomic E-state index is 0.268. The molecule has 0 saturated heterocycles. The van der Waals surface area contributed by atoms with Gasteiger partial charge in [0.1, 0.15) is 5.75 Å². The van der Waals surface area contributed by atoms with Gasteiger partial charge in [-0.2, -0.15) is 0 Å². The first-order valence-corrected chi connectivity index (χ1v) is 8.74. The summed E-state index contributed by atoms with van der Waals surface area (Å²) in [5, 5.41) is 2.70. The van der Waals surface area contributed by atoms with Crippen molar-refractivity contribution in [1.82, 2.24) is 10.2 Å². The number of amides is 1. The lowest BCUT2D eigenvalue weighted by Gasteiger charge is -2.29. The van der Waals surface area contributed by atoms with Crippen LogP contribution < -0.4 is 10.1 Å². The minimum atomic E-state index is -0.379. The Kier molecular flexibility index (Phi) is 12.7. The quantitative estimate of drug-likeness (QED) is 0.720. The van der Waals surface area contributed by atoms with Crippen LogP contribution in [-0.2, 0) is 4.74 Å². The lowest BCUT2D eigenvalue weighted by atomic mass is 10.1. The highest BCUT2D eigenvalue weighted by Gasteiger charge is 2.17. The van der Waals surface area contributed by atoms with E-state index in [0.29, 0.717) is 6.54 Å². The van der Waals surface area contributed by atoms with E-state index in [0.717, 1.165) is 25.3 Å². The lowest BCUT2D eigenvalue weighted by molar-refractivity contribution is 0.169. The summed E-state index contributed by atoms with van der Waals surface area (Å²) in [4.78, 5) is 13.4.